The lowest BCUT2D eigenvalue weighted by atomic mass is 10.1. The van der Waals surface area contributed by atoms with Crippen LogP contribution in [0.15, 0.2) is 95.5 Å². The van der Waals surface area contributed by atoms with Crippen molar-refractivity contribution in [3.05, 3.63) is 124 Å². The van der Waals surface area contributed by atoms with E-state index in [0.29, 0.717) is 47.6 Å². The van der Waals surface area contributed by atoms with E-state index in [-0.39, 0.29) is 5.91 Å². The Labute approximate surface area is 261 Å². The maximum absolute atomic E-state index is 13.6. The molecule has 0 saturated carbocycles. The van der Waals surface area contributed by atoms with Crippen LogP contribution >= 0.6 is 23.1 Å². The van der Waals surface area contributed by atoms with Crippen LogP contribution in [0.4, 0.5) is 13.2 Å². The number of thiazole rings is 1. The summed E-state index contributed by atoms with van der Waals surface area (Å²) in [5.74, 6) is 0.833. The minimum absolute atomic E-state index is 0.0888. The summed E-state index contributed by atoms with van der Waals surface area (Å²) >= 11 is 2.71. The maximum atomic E-state index is 13.6. The third-order valence-electron chi connectivity index (χ3n) is 7.34. The number of benzene rings is 3. The quantitative estimate of drug-likeness (QED) is 0.171. The molecule has 7 nitrogen and oxygen atoms in total. The zero-order valence-corrected chi connectivity index (χ0v) is 25.3. The van der Waals surface area contributed by atoms with Gasteiger partial charge in [-0.05, 0) is 29.3 Å². The van der Waals surface area contributed by atoms with Crippen molar-refractivity contribution >= 4 is 29.0 Å². The minimum atomic E-state index is -4.48. The van der Waals surface area contributed by atoms with E-state index in [1.54, 1.807) is 16.0 Å². The largest absolute Gasteiger partial charge is 0.416 e. The van der Waals surface area contributed by atoms with Gasteiger partial charge in [0.15, 0.2) is 5.16 Å². The van der Waals surface area contributed by atoms with Gasteiger partial charge < -0.3 is 4.90 Å². The number of halogens is 3. The highest BCUT2D eigenvalue weighted by molar-refractivity contribution is 7.98. The van der Waals surface area contributed by atoms with Crippen LogP contribution in [0.3, 0.4) is 0 Å². The lowest BCUT2D eigenvalue weighted by Gasteiger charge is -2.34. The molecule has 2 aromatic heterocycles. The Morgan fingerprint density at radius 3 is 2.27 bits per heavy atom. The fraction of sp³-hybridized carbons (Fsp3) is 0.250. The van der Waals surface area contributed by atoms with Crippen LogP contribution in [-0.4, -0.2) is 61.6 Å². The molecule has 1 aliphatic rings. The van der Waals surface area contributed by atoms with Gasteiger partial charge in [-0.2, -0.15) is 13.2 Å². The highest BCUT2D eigenvalue weighted by atomic mass is 32.2. The third kappa shape index (κ3) is 7.20. The van der Waals surface area contributed by atoms with Crippen LogP contribution in [0.5, 0.6) is 0 Å². The molecular formula is C32H29F3N6OS2. The van der Waals surface area contributed by atoms with E-state index in [1.807, 2.05) is 53.4 Å². The number of thioether (sulfide) groups is 1. The first kappa shape index (κ1) is 30.0. The molecule has 12 heteroatoms. The molecule has 0 N–H and O–H groups in total. The number of hydrogen-bond acceptors (Lipinski definition) is 7. The number of nitrogens with zero attached hydrogens (tertiary/aromatic N) is 6. The van der Waals surface area contributed by atoms with Crippen molar-refractivity contribution in [3.8, 4) is 5.69 Å². The molecule has 0 spiro atoms. The Hall–Kier alpha value is -4.00. The number of rotatable bonds is 9. The number of hydrogen-bond donors (Lipinski definition) is 0. The second-order valence-corrected chi connectivity index (χ2v) is 12.3. The van der Waals surface area contributed by atoms with Gasteiger partial charge in [0.05, 0.1) is 17.0 Å². The van der Waals surface area contributed by atoms with Crippen LogP contribution in [0.1, 0.15) is 38.0 Å². The van der Waals surface area contributed by atoms with Gasteiger partial charge in [-0.25, -0.2) is 4.98 Å². The Morgan fingerprint density at radius 1 is 0.864 bits per heavy atom. The molecular weight excluding hydrogens is 606 g/mol. The van der Waals surface area contributed by atoms with Gasteiger partial charge in [0.2, 0.25) is 0 Å². The van der Waals surface area contributed by atoms with Crippen molar-refractivity contribution in [2.24, 2.45) is 0 Å². The fourth-order valence-electron chi connectivity index (χ4n) is 5.08. The first-order chi connectivity index (χ1) is 21.3. The van der Waals surface area contributed by atoms with Crippen LogP contribution < -0.4 is 0 Å². The average Bonchev–Trinajstić information content (AvgIpc) is 3.68. The molecule has 44 heavy (non-hydrogen) atoms. The normalized spacial score (nSPS) is 14.2. The van der Waals surface area contributed by atoms with Crippen LogP contribution in [-0.2, 0) is 24.9 Å². The lowest BCUT2D eigenvalue weighted by Crippen LogP contribution is -2.48. The van der Waals surface area contributed by atoms with E-state index in [4.69, 9.17) is 0 Å². The van der Waals surface area contributed by atoms with Crippen LogP contribution in [0.25, 0.3) is 5.69 Å². The van der Waals surface area contributed by atoms with Crippen molar-refractivity contribution < 1.29 is 18.0 Å². The predicted octanol–water partition coefficient (Wildman–Crippen LogP) is 6.58. The van der Waals surface area contributed by atoms with Gasteiger partial charge in [-0.15, -0.1) is 21.5 Å². The maximum Gasteiger partial charge on any atom is 0.416 e. The number of carbonyl (C=O) groups excluding carboxylic acids is 1. The molecule has 0 radical (unpaired) electrons. The van der Waals surface area contributed by atoms with E-state index in [9.17, 15) is 18.0 Å². The summed E-state index contributed by atoms with van der Waals surface area (Å²) in [5.41, 5.74) is 2.22. The van der Waals surface area contributed by atoms with Crippen molar-refractivity contribution in [2.45, 2.75) is 30.1 Å². The van der Waals surface area contributed by atoms with Crippen LogP contribution in [0, 0.1) is 0 Å². The van der Waals surface area contributed by atoms with Gasteiger partial charge in [-0.3, -0.25) is 14.3 Å². The van der Waals surface area contributed by atoms with Crippen molar-refractivity contribution in [1.29, 1.82) is 0 Å². The minimum Gasteiger partial charge on any atom is -0.335 e. The Kier molecular flexibility index (Phi) is 9.10. The predicted molar refractivity (Wildman–Crippen MR) is 165 cm³/mol. The zero-order valence-electron chi connectivity index (χ0n) is 23.7. The smallest absolute Gasteiger partial charge is 0.335 e. The van der Waals surface area contributed by atoms with Gasteiger partial charge in [0.25, 0.3) is 5.91 Å². The first-order valence-electron chi connectivity index (χ1n) is 14.1. The fourth-order valence-corrected chi connectivity index (χ4v) is 6.84. The van der Waals surface area contributed by atoms with E-state index in [1.165, 1.54) is 34.7 Å². The second kappa shape index (κ2) is 13.3. The van der Waals surface area contributed by atoms with E-state index < -0.39 is 11.7 Å². The highest BCUT2D eigenvalue weighted by Crippen LogP contribution is 2.33. The van der Waals surface area contributed by atoms with Crippen molar-refractivity contribution in [3.63, 3.8) is 0 Å². The average molecular weight is 635 g/mol. The van der Waals surface area contributed by atoms with Gasteiger partial charge in [0, 0.05) is 44.5 Å². The van der Waals surface area contributed by atoms with E-state index in [0.717, 1.165) is 42.3 Å². The summed E-state index contributed by atoms with van der Waals surface area (Å²) in [7, 11) is 0. The standard InChI is InChI=1S/C32H29F3N6OS2/c33-32(34,35)25-12-7-13-26(19-25)41-28(18-23-8-3-1-4-9-23)37-38-31(41)44-22-29-36-27(21-43-29)30(42)40-16-14-39(15-17-40)20-24-10-5-2-6-11-24/h1-13,19,21H,14-18,20,22H2. The number of alkyl halides is 3. The summed E-state index contributed by atoms with van der Waals surface area (Å²) in [5, 5.41) is 11.6. The highest BCUT2D eigenvalue weighted by Gasteiger charge is 2.31. The molecule has 5 aromatic rings. The Morgan fingerprint density at radius 2 is 1.57 bits per heavy atom. The summed E-state index contributed by atoms with van der Waals surface area (Å²) in [6, 6.07) is 25.1. The Bertz CT molecular complexity index is 1700. The first-order valence-corrected chi connectivity index (χ1v) is 16.0. The van der Waals surface area contributed by atoms with Crippen LogP contribution in [0.2, 0.25) is 0 Å². The SMILES string of the molecule is O=C(c1csc(CSc2nnc(Cc3ccccc3)n2-c2cccc(C(F)(F)F)c2)n1)N1CCN(Cc2ccccc2)CC1. The number of piperazine rings is 1. The molecule has 1 saturated heterocycles. The summed E-state index contributed by atoms with van der Waals surface area (Å²) in [4.78, 5) is 22.0. The topological polar surface area (TPSA) is 67.2 Å². The van der Waals surface area contributed by atoms with E-state index >= 15 is 0 Å². The molecule has 1 aliphatic heterocycles. The van der Waals surface area contributed by atoms with E-state index in [2.05, 4.69) is 32.2 Å². The van der Waals surface area contributed by atoms with Gasteiger partial charge in [-0.1, -0.05) is 78.5 Å². The molecule has 226 valence electrons. The molecule has 0 aliphatic carbocycles. The summed E-state index contributed by atoms with van der Waals surface area (Å²) < 4.78 is 42.3. The molecule has 1 fully saturated rings. The van der Waals surface area contributed by atoms with Crippen molar-refractivity contribution in [2.75, 3.05) is 26.2 Å². The van der Waals surface area contributed by atoms with Gasteiger partial charge in [0.1, 0.15) is 16.5 Å². The lowest BCUT2D eigenvalue weighted by molar-refractivity contribution is -0.137. The molecule has 0 bridgehead atoms. The Balaban J connectivity index is 1.14. The molecule has 3 aromatic carbocycles. The van der Waals surface area contributed by atoms with Crippen molar-refractivity contribution in [1.82, 2.24) is 29.5 Å². The number of aromatic nitrogens is 4. The number of amides is 1. The zero-order chi connectivity index (χ0) is 30.5. The molecule has 6 rings (SSSR count). The third-order valence-corrected chi connectivity index (χ3v) is 9.31. The molecule has 0 unspecified atom stereocenters. The molecule has 1 amide bonds. The van der Waals surface area contributed by atoms with Gasteiger partial charge >= 0.3 is 6.18 Å². The summed E-state index contributed by atoms with van der Waals surface area (Å²) in [6.45, 7) is 3.72. The monoisotopic (exact) mass is 634 g/mol. The number of carbonyl (C=O) groups is 1. The molecule has 3 heterocycles. The summed E-state index contributed by atoms with van der Waals surface area (Å²) in [6.07, 6.45) is -4.07. The molecule has 0 atom stereocenters. The second-order valence-electron chi connectivity index (χ2n) is 10.4.